The molecule has 1 aromatic heterocycles. The van der Waals surface area contributed by atoms with Gasteiger partial charge in [0.1, 0.15) is 18.1 Å². The van der Waals surface area contributed by atoms with Crippen molar-refractivity contribution < 1.29 is 27.4 Å². The minimum Gasteiger partial charge on any atom is -0.469 e. The molecule has 1 N–H and O–H groups in total. The number of nitrogens with one attached hydrogen (secondary N) is 1. The fourth-order valence-corrected chi connectivity index (χ4v) is 3.89. The first-order valence-electron chi connectivity index (χ1n) is 9.52. The molecule has 0 aliphatic heterocycles. The van der Waals surface area contributed by atoms with E-state index in [2.05, 4.69) is 30.1 Å². The largest absolute Gasteiger partial charge is 0.469 e. The number of alkyl halides is 3. The minimum absolute atomic E-state index is 0.0683. The lowest BCUT2D eigenvalue weighted by Gasteiger charge is -2.18. The number of halogens is 3. The first-order chi connectivity index (χ1) is 13.4. The predicted octanol–water partition coefficient (Wildman–Crippen LogP) is 3.33. The molecule has 164 valence electrons. The van der Waals surface area contributed by atoms with Gasteiger partial charge < -0.3 is 14.8 Å². The lowest BCUT2D eigenvalue weighted by atomic mass is 10.1. The van der Waals surface area contributed by atoms with Gasteiger partial charge in [0.15, 0.2) is 0 Å². The molecule has 0 radical (unpaired) electrons. The summed E-state index contributed by atoms with van der Waals surface area (Å²) in [4.78, 5) is 23.8. The normalized spacial score (nSPS) is 20.0. The van der Waals surface area contributed by atoms with Crippen LogP contribution in [0.1, 0.15) is 24.8 Å². The Bertz CT molecular complexity index is 777. The van der Waals surface area contributed by atoms with Crippen molar-refractivity contribution in [1.82, 2.24) is 9.78 Å². The predicted molar refractivity (Wildman–Crippen MR) is 104 cm³/mol. The second kappa shape index (κ2) is 9.29. The number of esters is 1. The zero-order valence-corrected chi connectivity index (χ0v) is 18.1. The van der Waals surface area contributed by atoms with Crippen LogP contribution in [0.15, 0.2) is 10.9 Å². The van der Waals surface area contributed by atoms with E-state index in [0.29, 0.717) is 36.6 Å². The maximum Gasteiger partial charge on any atom is 0.421 e. The van der Waals surface area contributed by atoms with Gasteiger partial charge in [0.05, 0.1) is 13.0 Å². The van der Waals surface area contributed by atoms with Crippen molar-refractivity contribution >= 4 is 19.9 Å². The van der Waals surface area contributed by atoms with E-state index in [4.69, 9.17) is 9.47 Å². The number of rotatable bonds is 8. The van der Waals surface area contributed by atoms with Crippen LogP contribution in [0.25, 0.3) is 0 Å². The lowest BCUT2D eigenvalue weighted by molar-refractivity contribution is -0.145. The average molecular weight is 436 g/mol. The van der Waals surface area contributed by atoms with Gasteiger partial charge in [-0.25, -0.2) is 4.68 Å². The maximum absolute atomic E-state index is 13.3. The standard InChI is InChI=1S/C18H28F3N3O4Si/c1-27-17(26)12-5-6-13(9-12)22-15-10-14(18(19,20)21)16(25)24(23-15)11-28-7-8-29(2,3)4/h10,12-13H,5-9,11H2,1-4H3,(H,22,23)/t12-,13-/m0/s1. The molecule has 1 aliphatic carbocycles. The highest BCUT2D eigenvalue weighted by atomic mass is 28.3. The van der Waals surface area contributed by atoms with Gasteiger partial charge in [-0.15, -0.1) is 5.10 Å². The number of carbonyl (C=O) groups is 1. The summed E-state index contributed by atoms with van der Waals surface area (Å²) in [6.45, 7) is 6.45. The summed E-state index contributed by atoms with van der Waals surface area (Å²) in [5, 5.41) is 6.91. The van der Waals surface area contributed by atoms with Crippen molar-refractivity contribution in [3.63, 3.8) is 0 Å². The molecule has 1 aliphatic rings. The number of methoxy groups -OCH3 is 1. The highest BCUT2D eigenvalue weighted by Gasteiger charge is 2.36. The lowest BCUT2D eigenvalue weighted by Crippen LogP contribution is -2.33. The summed E-state index contributed by atoms with van der Waals surface area (Å²) >= 11 is 0. The molecule has 0 spiro atoms. The minimum atomic E-state index is -4.80. The van der Waals surface area contributed by atoms with Crippen LogP contribution in [0.2, 0.25) is 25.7 Å². The fraction of sp³-hybridized carbons (Fsp3) is 0.722. The van der Waals surface area contributed by atoms with Gasteiger partial charge in [-0.1, -0.05) is 19.6 Å². The third kappa shape index (κ3) is 6.84. The molecule has 1 fully saturated rings. The third-order valence-electron chi connectivity index (χ3n) is 4.81. The Kier molecular flexibility index (Phi) is 7.49. The second-order valence-corrected chi connectivity index (χ2v) is 14.1. The van der Waals surface area contributed by atoms with Gasteiger partial charge in [0.25, 0.3) is 5.56 Å². The molecule has 0 amide bonds. The summed E-state index contributed by atoms with van der Waals surface area (Å²) in [6.07, 6.45) is -3.20. The Morgan fingerprint density at radius 1 is 1.34 bits per heavy atom. The van der Waals surface area contributed by atoms with Crippen molar-refractivity contribution in [2.24, 2.45) is 5.92 Å². The number of hydrogen-bond acceptors (Lipinski definition) is 6. The molecule has 0 saturated heterocycles. The Hall–Kier alpha value is -1.88. The van der Waals surface area contributed by atoms with E-state index in [-0.39, 0.29) is 30.5 Å². The first kappa shape index (κ1) is 23.4. The summed E-state index contributed by atoms with van der Waals surface area (Å²) in [5.41, 5.74) is -2.54. The molecule has 11 heteroatoms. The third-order valence-corrected chi connectivity index (χ3v) is 6.51. The van der Waals surface area contributed by atoms with Crippen molar-refractivity contribution in [3.05, 3.63) is 22.0 Å². The first-order valence-corrected chi connectivity index (χ1v) is 13.2. The van der Waals surface area contributed by atoms with Crippen LogP contribution in [-0.4, -0.2) is 43.6 Å². The van der Waals surface area contributed by atoms with Crippen LogP contribution in [0.5, 0.6) is 0 Å². The van der Waals surface area contributed by atoms with Crippen LogP contribution in [0.4, 0.5) is 19.0 Å². The Balaban J connectivity index is 2.15. The van der Waals surface area contributed by atoms with E-state index in [0.717, 1.165) is 6.04 Å². The quantitative estimate of drug-likeness (QED) is 0.383. The average Bonchev–Trinajstić information content (AvgIpc) is 3.06. The van der Waals surface area contributed by atoms with Gasteiger partial charge in [0, 0.05) is 26.8 Å². The summed E-state index contributed by atoms with van der Waals surface area (Å²) in [5.74, 6) is -0.698. The molecule has 1 heterocycles. The molecule has 29 heavy (non-hydrogen) atoms. The van der Waals surface area contributed by atoms with Gasteiger partial charge >= 0.3 is 12.1 Å². The topological polar surface area (TPSA) is 82.5 Å². The molecule has 1 aromatic rings. The van der Waals surface area contributed by atoms with E-state index >= 15 is 0 Å². The number of hydrogen-bond donors (Lipinski definition) is 1. The van der Waals surface area contributed by atoms with Crippen molar-refractivity contribution in [2.75, 3.05) is 19.0 Å². The fourth-order valence-electron chi connectivity index (χ4n) is 3.13. The van der Waals surface area contributed by atoms with Crippen LogP contribution in [-0.2, 0) is 27.2 Å². The highest BCUT2D eigenvalue weighted by molar-refractivity contribution is 6.76. The SMILES string of the molecule is COC(=O)[C@H]1CC[C@H](Nc2cc(C(F)(F)F)c(=O)n(COCC[Si](C)(C)C)n2)C1. The van der Waals surface area contributed by atoms with E-state index in [1.165, 1.54) is 7.11 Å². The van der Waals surface area contributed by atoms with Crippen LogP contribution < -0.4 is 10.9 Å². The summed E-state index contributed by atoms with van der Waals surface area (Å²) < 4.78 is 50.8. The molecule has 7 nitrogen and oxygen atoms in total. The Morgan fingerprint density at radius 2 is 2.03 bits per heavy atom. The van der Waals surface area contributed by atoms with E-state index in [1.807, 2.05) is 0 Å². The molecule has 2 rings (SSSR count). The zero-order chi connectivity index (χ0) is 21.8. The number of carbonyl (C=O) groups excluding carboxylic acids is 1. The highest BCUT2D eigenvalue weighted by Crippen LogP contribution is 2.31. The smallest absolute Gasteiger partial charge is 0.421 e. The van der Waals surface area contributed by atoms with Gasteiger partial charge in [-0.05, 0) is 25.3 Å². The molecular formula is C18H28F3N3O4Si. The molecule has 0 aromatic carbocycles. The van der Waals surface area contributed by atoms with E-state index in [1.54, 1.807) is 0 Å². The van der Waals surface area contributed by atoms with E-state index < -0.39 is 25.4 Å². The van der Waals surface area contributed by atoms with Crippen molar-refractivity contribution in [2.45, 2.75) is 63.9 Å². The maximum atomic E-state index is 13.3. The number of anilines is 1. The number of nitrogens with zero attached hydrogens (tertiary/aromatic N) is 2. The number of ether oxygens (including phenoxy) is 2. The second-order valence-electron chi connectivity index (χ2n) is 8.47. The molecular weight excluding hydrogens is 407 g/mol. The van der Waals surface area contributed by atoms with Crippen LogP contribution >= 0.6 is 0 Å². The van der Waals surface area contributed by atoms with Crippen molar-refractivity contribution in [3.8, 4) is 0 Å². The molecule has 2 atom stereocenters. The molecule has 1 saturated carbocycles. The van der Waals surface area contributed by atoms with Gasteiger partial charge in [-0.2, -0.15) is 13.2 Å². The molecule has 0 bridgehead atoms. The number of aromatic nitrogens is 2. The van der Waals surface area contributed by atoms with Gasteiger partial charge in [-0.3, -0.25) is 9.59 Å². The zero-order valence-electron chi connectivity index (χ0n) is 17.1. The van der Waals surface area contributed by atoms with Crippen LogP contribution in [0.3, 0.4) is 0 Å². The van der Waals surface area contributed by atoms with Crippen molar-refractivity contribution in [1.29, 1.82) is 0 Å². The van der Waals surface area contributed by atoms with Gasteiger partial charge in [0.2, 0.25) is 0 Å². The monoisotopic (exact) mass is 435 g/mol. The summed E-state index contributed by atoms with van der Waals surface area (Å²) in [7, 11) is -0.0636. The Morgan fingerprint density at radius 3 is 2.62 bits per heavy atom. The Labute approximate surface area is 168 Å². The summed E-state index contributed by atoms with van der Waals surface area (Å²) in [6, 6.07) is 1.31. The van der Waals surface area contributed by atoms with E-state index in [9.17, 15) is 22.8 Å². The van der Waals surface area contributed by atoms with Crippen LogP contribution in [0, 0.1) is 5.92 Å². The molecule has 0 unspecified atom stereocenters.